The summed E-state index contributed by atoms with van der Waals surface area (Å²) in [6.07, 6.45) is 0.409. The van der Waals surface area contributed by atoms with Crippen LogP contribution in [0.15, 0.2) is 28.9 Å². The molecular formula is C12H11N3O2. The zero-order valence-corrected chi connectivity index (χ0v) is 9.38. The van der Waals surface area contributed by atoms with Crippen LogP contribution in [0, 0.1) is 18.3 Å². The SMILES string of the molecule is Cc1nonc1COc1ccc(CC#N)cc1. The van der Waals surface area contributed by atoms with Crippen molar-refractivity contribution in [2.45, 2.75) is 20.0 Å². The van der Waals surface area contributed by atoms with E-state index in [0.717, 1.165) is 17.0 Å². The van der Waals surface area contributed by atoms with Crippen LogP contribution < -0.4 is 4.74 Å². The minimum Gasteiger partial charge on any atom is -0.487 e. The van der Waals surface area contributed by atoms with Crippen molar-refractivity contribution < 1.29 is 9.37 Å². The van der Waals surface area contributed by atoms with Gasteiger partial charge in [-0.05, 0) is 24.6 Å². The predicted molar refractivity (Wildman–Crippen MR) is 59.1 cm³/mol. The number of hydrogen-bond acceptors (Lipinski definition) is 5. The lowest BCUT2D eigenvalue weighted by atomic mass is 10.2. The minimum atomic E-state index is 0.326. The highest BCUT2D eigenvalue weighted by Crippen LogP contribution is 2.14. The molecule has 0 bridgehead atoms. The molecule has 1 heterocycles. The van der Waals surface area contributed by atoms with Crippen LogP contribution in [0.3, 0.4) is 0 Å². The predicted octanol–water partition coefficient (Wildman–Crippen LogP) is 2.02. The van der Waals surface area contributed by atoms with Crippen molar-refractivity contribution in [1.29, 1.82) is 5.26 Å². The third-order valence-corrected chi connectivity index (χ3v) is 2.33. The molecule has 0 N–H and O–H groups in total. The van der Waals surface area contributed by atoms with Crippen LogP contribution in [0.25, 0.3) is 0 Å². The molecule has 2 aromatic rings. The molecule has 0 aliphatic carbocycles. The van der Waals surface area contributed by atoms with Crippen LogP contribution in [-0.4, -0.2) is 10.3 Å². The van der Waals surface area contributed by atoms with Gasteiger partial charge in [0.2, 0.25) is 0 Å². The maximum atomic E-state index is 8.54. The summed E-state index contributed by atoms with van der Waals surface area (Å²) in [4.78, 5) is 0. The van der Waals surface area contributed by atoms with Crippen LogP contribution in [0.1, 0.15) is 17.0 Å². The second-order valence-electron chi connectivity index (χ2n) is 3.56. The Morgan fingerprint density at radius 3 is 2.65 bits per heavy atom. The van der Waals surface area contributed by atoms with Crippen molar-refractivity contribution >= 4 is 0 Å². The summed E-state index contributed by atoms with van der Waals surface area (Å²) >= 11 is 0. The monoisotopic (exact) mass is 229 g/mol. The summed E-state index contributed by atoms with van der Waals surface area (Å²) in [5.41, 5.74) is 2.39. The van der Waals surface area contributed by atoms with Gasteiger partial charge >= 0.3 is 0 Å². The number of rotatable bonds is 4. The molecule has 86 valence electrons. The van der Waals surface area contributed by atoms with E-state index in [0.29, 0.717) is 18.7 Å². The molecule has 5 nitrogen and oxygen atoms in total. The number of benzene rings is 1. The number of nitrogens with zero attached hydrogens (tertiary/aromatic N) is 3. The standard InChI is InChI=1S/C12H11N3O2/c1-9-12(15-17-14-9)8-16-11-4-2-10(3-5-11)6-7-13/h2-5H,6,8H2,1H3. The van der Waals surface area contributed by atoms with Crippen LogP contribution in [-0.2, 0) is 13.0 Å². The molecule has 2 rings (SSSR count). The Balaban J connectivity index is 1.96. The highest BCUT2D eigenvalue weighted by molar-refractivity contribution is 5.28. The molecule has 0 saturated heterocycles. The molecule has 17 heavy (non-hydrogen) atoms. The first-order chi connectivity index (χ1) is 8.29. The molecule has 0 spiro atoms. The molecule has 1 aromatic heterocycles. The van der Waals surface area contributed by atoms with Crippen molar-refractivity contribution in [2.75, 3.05) is 0 Å². The third-order valence-electron chi connectivity index (χ3n) is 2.33. The number of hydrogen-bond donors (Lipinski definition) is 0. The number of nitriles is 1. The van der Waals surface area contributed by atoms with Crippen molar-refractivity contribution in [1.82, 2.24) is 10.3 Å². The van der Waals surface area contributed by atoms with Gasteiger partial charge in [-0.1, -0.05) is 22.4 Å². The van der Waals surface area contributed by atoms with Gasteiger partial charge in [-0.25, -0.2) is 4.63 Å². The molecule has 0 aliphatic heterocycles. The molecule has 1 aromatic carbocycles. The largest absolute Gasteiger partial charge is 0.487 e. The first-order valence-electron chi connectivity index (χ1n) is 5.16. The van der Waals surface area contributed by atoms with Crippen molar-refractivity contribution in [3.63, 3.8) is 0 Å². The molecule has 0 aliphatic rings. The Hall–Kier alpha value is -2.35. The van der Waals surface area contributed by atoms with E-state index in [-0.39, 0.29) is 0 Å². The van der Waals surface area contributed by atoms with E-state index in [2.05, 4.69) is 21.0 Å². The summed E-state index contributed by atoms with van der Waals surface area (Å²) in [7, 11) is 0. The molecule has 0 radical (unpaired) electrons. The number of aryl methyl sites for hydroxylation is 1. The Morgan fingerprint density at radius 2 is 2.06 bits per heavy atom. The average molecular weight is 229 g/mol. The smallest absolute Gasteiger partial charge is 0.145 e. The molecular weight excluding hydrogens is 218 g/mol. The van der Waals surface area contributed by atoms with Crippen molar-refractivity contribution in [3.05, 3.63) is 41.2 Å². The van der Waals surface area contributed by atoms with Crippen LogP contribution in [0.4, 0.5) is 0 Å². The normalized spacial score (nSPS) is 9.88. The summed E-state index contributed by atoms with van der Waals surface area (Å²) in [6.45, 7) is 2.14. The van der Waals surface area contributed by atoms with Crippen molar-refractivity contribution in [2.24, 2.45) is 0 Å². The van der Waals surface area contributed by atoms with Gasteiger partial charge in [0.25, 0.3) is 0 Å². The zero-order chi connectivity index (χ0) is 12.1. The van der Waals surface area contributed by atoms with Gasteiger partial charge < -0.3 is 4.74 Å². The lowest BCUT2D eigenvalue weighted by Gasteiger charge is -2.04. The first-order valence-corrected chi connectivity index (χ1v) is 5.16. The fraction of sp³-hybridized carbons (Fsp3) is 0.250. The highest BCUT2D eigenvalue weighted by Gasteiger charge is 2.05. The lowest BCUT2D eigenvalue weighted by molar-refractivity contribution is 0.270. The van der Waals surface area contributed by atoms with Gasteiger partial charge in [-0.3, -0.25) is 0 Å². The Morgan fingerprint density at radius 1 is 1.29 bits per heavy atom. The maximum Gasteiger partial charge on any atom is 0.145 e. The van der Waals surface area contributed by atoms with Gasteiger partial charge in [0.05, 0.1) is 12.5 Å². The van der Waals surface area contributed by atoms with Gasteiger partial charge in [0.1, 0.15) is 23.7 Å². The molecule has 0 saturated carbocycles. The Labute approximate surface area is 98.6 Å². The summed E-state index contributed by atoms with van der Waals surface area (Å²) in [5.74, 6) is 0.731. The van der Waals surface area contributed by atoms with Gasteiger partial charge in [-0.15, -0.1) is 0 Å². The number of ether oxygens (including phenoxy) is 1. The lowest BCUT2D eigenvalue weighted by Crippen LogP contribution is -1.97. The van der Waals surface area contributed by atoms with Gasteiger partial charge in [0, 0.05) is 0 Å². The van der Waals surface area contributed by atoms with E-state index in [1.165, 1.54) is 0 Å². The second-order valence-corrected chi connectivity index (χ2v) is 3.56. The topological polar surface area (TPSA) is 71.9 Å². The fourth-order valence-electron chi connectivity index (χ4n) is 1.33. The van der Waals surface area contributed by atoms with Crippen LogP contribution in [0.2, 0.25) is 0 Å². The van der Waals surface area contributed by atoms with E-state index in [1.54, 1.807) is 0 Å². The third kappa shape index (κ3) is 2.82. The summed E-state index contributed by atoms with van der Waals surface area (Å²) < 4.78 is 10.1. The highest BCUT2D eigenvalue weighted by atomic mass is 16.6. The minimum absolute atomic E-state index is 0.326. The Bertz CT molecular complexity index is 525. The van der Waals surface area contributed by atoms with Crippen molar-refractivity contribution in [3.8, 4) is 11.8 Å². The van der Waals surface area contributed by atoms with Crippen LogP contribution in [0.5, 0.6) is 5.75 Å². The summed E-state index contributed by atoms with van der Waals surface area (Å²) in [6, 6.07) is 9.49. The molecule has 0 amide bonds. The average Bonchev–Trinajstić information content (AvgIpc) is 2.75. The van der Waals surface area contributed by atoms with Crippen LogP contribution >= 0.6 is 0 Å². The fourth-order valence-corrected chi connectivity index (χ4v) is 1.33. The van der Waals surface area contributed by atoms with Gasteiger partial charge in [0.15, 0.2) is 0 Å². The molecule has 0 fully saturated rings. The Kier molecular flexibility index (Phi) is 3.36. The van der Waals surface area contributed by atoms with E-state index >= 15 is 0 Å². The van der Waals surface area contributed by atoms with E-state index in [9.17, 15) is 0 Å². The first kappa shape index (κ1) is 11.1. The zero-order valence-electron chi connectivity index (χ0n) is 9.38. The van der Waals surface area contributed by atoms with E-state index in [4.69, 9.17) is 10.00 Å². The second kappa shape index (κ2) is 5.12. The van der Waals surface area contributed by atoms with Gasteiger partial charge in [-0.2, -0.15) is 5.26 Å². The summed E-state index contributed by atoms with van der Waals surface area (Å²) in [5, 5.41) is 15.9. The molecule has 0 atom stereocenters. The van der Waals surface area contributed by atoms with E-state index < -0.39 is 0 Å². The van der Waals surface area contributed by atoms with E-state index in [1.807, 2.05) is 31.2 Å². The quantitative estimate of drug-likeness (QED) is 0.802. The number of aromatic nitrogens is 2. The molecule has 5 heteroatoms. The molecule has 0 unspecified atom stereocenters. The maximum absolute atomic E-state index is 8.54.